The van der Waals surface area contributed by atoms with Crippen molar-refractivity contribution >= 4 is 51.5 Å². The standard InChI is InChI=1S/C21H17Cl2N3O2S/c22-15-7-8-17(23)16(10-15)18-12-29-21(24-18)25-20(28)14-5-3-13(4-6-14)11-26-9-1-2-19(26)27/h3-8,10,12H,1-2,9,11H2,(H,24,25,28). The first kappa shape index (κ1) is 19.9. The number of aromatic nitrogens is 1. The summed E-state index contributed by atoms with van der Waals surface area (Å²) in [4.78, 5) is 30.6. The average Bonchev–Trinajstić information content (AvgIpc) is 3.33. The van der Waals surface area contributed by atoms with Gasteiger partial charge in [-0.15, -0.1) is 11.3 Å². The minimum Gasteiger partial charge on any atom is -0.338 e. The van der Waals surface area contributed by atoms with Crippen LogP contribution in [-0.4, -0.2) is 28.2 Å². The van der Waals surface area contributed by atoms with Gasteiger partial charge < -0.3 is 4.90 Å². The molecule has 29 heavy (non-hydrogen) atoms. The van der Waals surface area contributed by atoms with Gasteiger partial charge in [-0.1, -0.05) is 35.3 Å². The summed E-state index contributed by atoms with van der Waals surface area (Å²) in [6, 6.07) is 12.4. The van der Waals surface area contributed by atoms with Crippen LogP contribution in [0, 0.1) is 0 Å². The predicted molar refractivity (Wildman–Crippen MR) is 117 cm³/mol. The molecule has 0 spiro atoms. The highest BCUT2D eigenvalue weighted by atomic mass is 35.5. The molecule has 1 N–H and O–H groups in total. The maximum absolute atomic E-state index is 12.5. The highest BCUT2D eigenvalue weighted by molar-refractivity contribution is 7.14. The van der Waals surface area contributed by atoms with Crippen molar-refractivity contribution < 1.29 is 9.59 Å². The summed E-state index contributed by atoms with van der Waals surface area (Å²) < 4.78 is 0. The summed E-state index contributed by atoms with van der Waals surface area (Å²) in [6.07, 6.45) is 1.53. The van der Waals surface area contributed by atoms with Gasteiger partial charge in [-0.3, -0.25) is 14.9 Å². The van der Waals surface area contributed by atoms with Crippen molar-refractivity contribution in [3.8, 4) is 11.3 Å². The van der Waals surface area contributed by atoms with Gasteiger partial charge in [-0.2, -0.15) is 0 Å². The van der Waals surface area contributed by atoms with Crippen LogP contribution in [0.15, 0.2) is 47.8 Å². The number of rotatable bonds is 5. The Morgan fingerprint density at radius 2 is 1.97 bits per heavy atom. The summed E-state index contributed by atoms with van der Waals surface area (Å²) in [5.41, 5.74) is 2.91. The van der Waals surface area contributed by atoms with Gasteiger partial charge in [0, 0.05) is 41.0 Å². The van der Waals surface area contributed by atoms with Crippen LogP contribution >= 0.6 is 34.5 Å². The van der Waals surface area contributed by atoms with Crippen LogP contribution < -0.4 is 5.32 Å². The molecule has 2 amide bonds. The zero-order valence-corrected chi connectivity index (χ0v) is 17.7. The van der Waals surface area contributed by atoms with E-state index >= 15 is 0 Å². The van der Waals surface area contributed by atoms with Gasteiger partial charge in [-0.05, 0) is 42.3 Å². The molecule has 0 unspecified atom stereocenters. The van der Waals surface area contributed by atoms with Crippen LogP contribution in [0.25, 0.3) is 11.3 Å². The van der Waals surface area contributed by atoms with Gasteiger partial charge in [0.1, 0.15) is 0 Å². The zero-order valence-electron chi connectivity index (χ0n) is 15.3. The van der Waals surface area contributed by atoms with Crippen LogP contribution in [0.1, 0.15) is 28.8 Å². The van der Waals surface area contributed by atoms with Crippen molar-refractivity contribution in [3.05, 3.63) is 69.0 Å². The smallest absolute Gasteiger partial charge is 0.257 e. The molecule has 148 valence electrons. The van der Waals surface area contributed by atoms with E-state index in [2.05, 4.69) is 10.3 Å². The molecule has 4 rings (SSSR count). The highest BCUT2D eigenvalue weighted by Gasteiger charge is 2.20. The fourth-order valence-corrected chi connectivity index (χ4v) is 4.26. The third kappa shape index (κ3) is 4.61. The van der Waals surface area contributed by atoms with E-state index in [9.17, 15) is 9.59 Å². The molecule has 1 fully saturated rings. The van der Waals surface area contributed by atoms with Crippen molar-refractivity contribution in [3.63, 3.8) is 0 Å². The second-order valence-corrected chi connectivity index (χ2v) is 8.43. The molecule has 2 aromatic carbocycles. The van der Waals surface area contributed by atoms with Crippen molar-refractivity contribution in [2.75, 3.05) is 11.9 Å². The van der Waals surface area contributed by atoms with Crippen molar-refractivity contribution in [2.45, 2.75) is 19.4 Å². The molecule has 0 radical (unpaired) electrons. The lowest BCUT2D eigenvalue weighted by Gasteiger charge is -2.15. The lowest BCUT2D eigenvalue weighted by molar-refractivity contribution is -0.128. The number of carbonyl (C=O) groups is 2. The average molecular weight is 446 g/mol. The molecule has 0 bridgehead atoms. The maximum atomic E-state index is 12.5. The number of benzene rings is 2. The van der Waals surface area contributed by atoms with E-state index in [-0.39, 0.29) is 11.8 Å². The molecule has 8 heteroatoms. The topological polar surface area (TPSA) is 62.3 Å². The van der Waals surface area contributed by atoms with Crippen molar-refractivity contribution in [1.82, 2.24) is 9.88 Å². The number of likely N-dealkylation sites (tertiary alicyclic amines) is 1. The molecular formula is C21H17Cl2N3O2S. The Labute approximate surface area is 182 Å². The lowest BCUT2D eigenvalue weighted by atomic mass is 10.1. The first-order valence-corrected chi connectivity index (χ1v) is 10.7. The van der Waals surface area contributed by atoms with Crippen LogP contribution in [0.2, 0.25) is 10.0 Å². The summed E-state index contributed by atoms with van der Waals surface area (Å²) in [5.74, 6) is -0.0573. The van der Waals surface area contributed by atoms with E-state index in [4.69, 9.17) is 23.2 Å². The number of anilines is 1. The predicted octanol–water partition coefficient (Wildman–Crippen LogP) is 5.49. The summed E-state index contributed by atoms with van der Waals surface area (Å²) >= 11 is 13.6. The zero-order chi connectivity index (χ0) is 20.4. The molecule has 1 aliphatic rings. The molecule has 1 aliphatic heterocycles. The quantitative estimate of drug-likeness (QED) is 0.564. The van der Waals surface area contributed by atoms with Gasteiger partial charge in [0.05, 0.1) is 10.7 Å². The molecule has 3 aromatic rings. The number of amides is 2. The molecule has 0 saturated carbocycles. The maximum Gasteiger partial charge on any atom is 0.257 e. The van der Waals surface area contributed by atoms with Gasteiger partial charge >= 0.3 is 0 Å². The van der Waals surface area contributed by atoms with E-state index in [0.717, 1.165) is 24.1 Å². The Balaban J connectivity index is 1.42. The number of nitrogens with zero attached hydrogens (tertiary/aromatic N) is 2. The Morgan fingerprint density at radius 1 is 1.17 bits per heavy atom. The fourth-order valence-electron chi connectivity index (χ4n) is 3.17. The Kier molecular flexibility index (Phi) is 5.85. The number of carbonyl (C=O) groups excluding carboxylic acids is 2. The number of thiazole rings is 1. The third-order valence-corrected chi connectivity index (χ3v) is 6.01. The molecule has 1 aromatic heterocycles. The van der Waals surface area contributed by atoms with E-state index < -0.39 is 0 Å². The minimum absolute atomic E-state index is 0.186. The van der Waals surface area contributed by atoms with Crippen LogP contribution in [0.5, 0.6) is 0 Å². The number of hydrogen-bond donors (Lipinski definition) is 1. The van der Waals surface area contributed by atoms with Crippen molar-refractivity contribution in [1.29, 1.82) is 0 Å². The Hall–Kier alpha value is -2.41. The number of nitrogens with one attached hydrogen (secondary N) is 1. The fraction of sp³-hybridized carbons (Fsp3) is 0.190. The van der Waals surface area contributed by atoms with Gasteiger partial charge in [-0.25, -0.2) is 4.98 Å². The summed E-state index contributed by atoms with van der Waals surface area (Å²) in [7, 11) is 0. The molecule has 5 nitrogen and oxygen atoms in total. The van der Waals surface area contributed by atoms with E-state index in [0.29, 0.717) is 39.4 Å². The second-order valence-electron chi connectivity index (χ2n) is 6.73. The molecular weight excluding hydrogens is 429 g/mol. The van der Waals surface area contributed by atoms with Crippen molar-refractivity contribution in [2.24, 2.45) is 0 Å². The third-order valence-electron chi connectivity index (χ3n) is 4.69. The van der Waals surface area contributed by atoms with Crippen LogP contribution in [0.3, 0.4) is 0 Å². The normalized spacial score (nSPS) is 13.7. The molecule has 0 atom stereocenters. The van der Waals surface area contributed by atoms with Gasteiger partial charge in [0.15, 0.2) is 5.13 Å². The van der Waals surface area contributed by atoms with Gasteiger partial charge in [0.25, 0.3) is 5.91 Å². The molecule has 0 aliphatic carbocycles. The van der Waals surface area contributed by atoms with E-state index in [1.165, 1.54) is 11.3 Å². The SMILES string of the molecule is O=C(Nc1nc(-c2cc(Cl)ccc2Cl)cs1)c1ccc(CN2CCCC2=O)cc1. The Bertz CT molecular complexity index is 1070. The molecule has 1 saturated heterocycles. The summed E-state index contributed by atoms with van der Waals surface area (Å²) in [5, 5.41) is 6.23. The molecule has 2 heterocycles. The minimum atomic E-state index is -0.244. The Morgan fingerprint density at radius 3 is 2.69 bits per heavy atom. The van der Waals surface area contributed by atoms with E-state index in [1.54, 1.807) is 30.3 Å². The number of halogens is 2. The number of hydrogen-bond acceptors (Lipinski definition) is 4. The summed E-state index contributed by atoms with van der Waals surface area (Å²) in [6.45, 7) is 1.38. The largest absolute Gasteiger partial charge is 0.338 e. The second kappa shape index (κ2) is 8.53. The van der Waals surface area contributed by atoms with Crippen LogP contribution in [0.4, 0.5) is 5.13 Å². The van der Waals surface area contributed by atoms with Gasteiger partial charge in [0.2, 0.25) is 5.91 Å². The van der Waals surface area contributed by atoms with Crippen LogP contribution in [-0.2, 0) is 11.3 Å². The van der Waals surface area contributed by atoms with E-state index in [1.807, 2.05) is 22.4 Å². The lowest BCUT2D eigenvalue weighted by Crippen LogP contribution is -2.23. The first-order valence-electron chi connectivity index (χ1n) is 9.08. The monoisotopic (exact) mass is 445 g/mol. The first-order chi connectivity index (χ1) is 14.0. The highest BCUT2D eigenvalue weighted by Crippen LogP contribution is 2.32.